The summed E-state index contributed by atoms with van der Waals surface area (Å²) in [6, 6.07) is 13.5. The van der Waals surface area contributed by atoms with E-state index < -0.39 is 5.97 Å². The maximum Gasteiger partial charge on any atom is 0.338 e. The summed E-state index contributed by atoms with van der Waals surface area (Å²) in [6.45, 7) is 8.41. The van der Waals surface area contributed by atoms with Crippen molar-refractivity contribution in [3.63, 3.8) is 0 Å². The zero-order valence-electron chi connectivity index (χ0n) is 20.2. The first-order valence-electron chi connectivity index (χ1n) is 11.3. The Morgan fingerprint density at radius 2 is 1.66 bits per heavy atom. The van der Waals surface area contributed by atoms with Crippen LogP contribution in [0.2, 0.25) is 0 Å². The molecule has 0 aliphatic rings. The van der Waals surface area contributed by atoms with E-state index in [2.05, 4.69) is 20.8 Å². The lowest BCUT2D eigenvalue weighted by Gasteiger charge is -2.15. The van der Waals surface area contributed by atoms with Crippen molar-refractivity contribution < 1.29 is 19.1 Å². The van der Waals surface area contributed by atoms with E-state index in [1.165, 1.54) is 11.8 Å². The molecule has 0 spiro atoms. The number of esters is 1. The molecule has 2 aromatic carbocycles. The highest BCUT2D eigenvalue weighted by Crippen LogP contribution is 2.21. The SMILES string of the molecule is CCOC(=O)c1ccc(NC(=O)CSc2nnc([C@@H](C)NC(=O)c3ccc(C)cc3)n2CC)cc1. The zero-order chi connectivity index (χ0) is 25.4. The molecule has 1 atom stereocenters. The fourth-order valence-electron chi connectivity index (χ4n) is 3.31. The lowest BCUT2D eigenvalue weighted by molar-refractivity contribution is -0.113. The Balaban J connectivity index is 1.57. The second-order valence-corrected chi connectivity index (χ2v) is 8.72. The van der Waals surface area contributed by atoms with Gasteiger partial charge < -0.3 is 19.9 Å². The third-order valence-corrected chi connectivity index (χ3v) is 6.09. The smallest absolute Gasteiger partial charge is 0.338 e. The van der Waals surface area contributed by atoms with Crippen molar-refractivity contribution in [3.8, 4) is 0 Å². The second kappa shape index (κ2) is 12.2. The minimum atomic E-state index is -0.403. The molecule has 0 unspecified atom stereocenters. The van der Waals surface area contributed by atoms with E-state index in [0.717, 1.165) is 5.56 Å². The van der Waals surface area contributed by atoms with Gasteiger partial charge in [-0.05, 0) is 64.1 Å². The minimum Gasteiger partial charge on any atom is -0.462 e. The number of hydrogen-bond acceptors (Lipinski definition) is 7. The van der Waals surface area contributed by atoms with Crippen LogP contribution in [0.4, 0.5) is 5.69 Å². The summed E-state index contributed by atoms with van der Waals surface area (Å²) in [6.07, 6.45) is 0. The molecule has 1 aromatic heterocycles. The fraction of sp³-hybridized carbons (Fsp3) is 0.320. The number of hydrogen-bond donors (Lipinski definition) is 2. The van der Waals surface area contributed by atoms with Gasteiger partial charge in [-0.15, -0.1) is 10.2 Å². The van der Waals surface area contributed by atoms with Gasteiger partial charge in [0.05, 0.1) is 24.0 Å². The first kappa shape index (κ1) is 26.0. The van der Waals surface area contributed by atoms with Gasteiger partial charge in [-0.2, -0.15) is 0 Å². The summed E-state index contributed by atoms with van der Waals surface area (Å²) >= 11 is 1.26. The zero-order valence-corrected chi connectivity index (χ0v) is 21.0. The monoisotopic (exact) mass is 495 g/mol. The number of amides is 2. The molecule has 1 heterocycles. The second-order valence-electron chi connectivity index (χ2n) is 7.78. The van der Waals surface area contributed by atoms with Crippen molar-refractivity contribution >= 4 is 35.2 Å². The Hall–Kier alpha value is -3.66. The maximum atomic E-state index is 12.6. The molecular weight excluding hydrogens is 466 g/mol. The van der Waals surface area contributed by atoms with Crippen molar-refractivity contribution in [2.45, 2.75) is 45.4 Å². The number of carbonyl (C=O) groups is 3. The van der Waals surface area contributed by atoms with Gasteiger partial charge in [0.2, 0.25) is 5.91 Å². The Morgan fingerprint density at radius 1 is 1.00 bits per heavy atom. The first-order valence-corrected chi connectivity index (χ1v) is 12.3. The Labute approximate surface area is 208 Å². The van der Waals surface area contributed by atoms with Gasteiger partial charge >= 0.3 is 5.97 Å². The third-order valence-electron chi connectivity index (χ3n) is 5.12. The van der Waals surface area contributed by atoms with Crippen LogP contribution in [-0.4, -0.2) is 44.9 Å². The third kappa shape index (κ3) is 6.92. The maximum absolute atomic E-state index is 12.6. The Morgan fingerprint density at radius 3 is 2.29 bits per heavy atom. The predicted molar refractivity (Wildman–Crippen MR) is 135 cm³/mol. The van der Waals surface area contributed by atoms with E-state index in [1.807, 2.05) is 37.5 Å². The highest BCUT2D eigenvalue weighted by atomic mass is 32.2. The number of aromatic nitrogens is 3. The number of aryl methyl sites for hydroxylation is 1. The number of carbonyl (C=O) groups excluding carboxylic acids is 3. The summed E-state index contributed by atoms with van der Waals surface area (Å²) < 4.78 is 6.84. The van der Waals surface area contributed by atoms with Gasteiger partial charge in [0, 0.05) is 17.8 Å². The fourth-order valence-corrected chi connectivity index (χ4v) is 4.11. The average Bonchev–Trinajstić information content (AvgIpc) is 3.27. The number of ether oxygens (including phenoxy) is 1. The van der Waals surface area contributed by atoms with Gasteiger partial charge in [0.1, 0.15) is 0 Å². The standard InChI is InChI=1S/C25H29N5O4S/c1-5-30-22(17(4)26-23(32)18-9-7-16(3)8-10-18)28-29-25(30)35-15-21(31)27-20-13-11-19(12-14-20)24(33)34-6-2/h7-14,17H,5-6,15H2,1-4H3,(H,26,32)(H,27,31)/t17-/m1/s1. The topological polar surface area (TPSA) is 115 Å². The number of rotatable bonds is 10. The molecule has 9 nitrogen and oxygen atoms in total. The molecule has 0 saturated carbocycles. The number of benzene rings is 2. The van der Waals surface area contributed by atoms with Crippen LogP contribution in [0, 0.1) is 6.92 Å². The summed E-state index contributed by atoms with van der Waals surface area (Å²) in [7, 11) is 0. The summed E-state index contributed by atoms with van der Waals surface area (Å²) in [5, 5.41) is 14.8. The molecule has 0 radical (unpaired) electrons. The first-order chi connectivity index (χ1) is 16.8. The van der Waals surface area contributed by atoms with E-state index in [4.69, 9.17) is 4.74 Å². The lowest BCUT2D eigenvalue weighted by atomic mass is 10.1. The Kier molecular flexibility index (Phi) is 9.02. The molecule has 3 aromatic rings. The molecular formula is C25H29N5O4S. The van der Waals surface area contributed by atoms with E-state index in [0.29, 0.717) is 40.9 Å². The highest BCUT2D eigenvalue weighted by molar-refractivity contribution is 7.99. The van der Waals surface area contributed by atoms with Gasteiger partial charge in [-0.25, -0.2) is 4.79 Å². The van der Waals surface area contributed by atoms with E-state index in [1.54, 1.807) is 43.3 Å². The van der Waals surface area contributed by atoms with Crippen LogP contribution in [0.25, 0.3) is 0 Å². The lowest BCUT2D eigenvalue weighted by Crippen LogP contribution is -2.28. The molecule has 0 aliphatic carbocycles. The van der Waals surface area contributed by atoms with Crippen LogP contribution in [0.1, 0.15) is 58.9 Å². The predicted octanol–water partition coefficient (Wildman–Crippen LogP) is 4.00. The Bertz CT molecular complexity index is 1180. The van der Waals surface area contributed by atoms with Gasteiger partial charge in [-0.1, -0.05) is 29.5 Å². The van der Waals surface area contributed by atoms with Gasteiger partial charge in [0.15, 0.2) is 11.0 Å². The number of nitrogens with zero attached hydrogens (tertiary/aromatic N) is 3. The molecule has 2 N–H and O–H groups in total. The van der Waals surface area contributed by atoms with Crippen molar-refractivity contribution in [2.24, 2.45) is 0 Å². The summed E-state index contributed by atoms with van der Waals surface area (Å²) in [5.41, 5.74) is 2.66. The molecule has 2 amide bonds. The number of thioether (sulfide) groups is 1. The molecule has 10 heteroatoms. The largest absolute Gasteiger partial charge is 0.462 e. The number of nitrogens with one attached hydrogen (secondary N) is 2. The molecule has 0 aliphatic heterocycles. The van der Waals surface area contributed by atoms with Crippen LogP contribution >= 0.6 is 11.8 Å². The number of anilines is 1. The normalized spacial score (nSPS) is 11.5. The van der Waals surface area contributed by atoms with Gasteiger partial charge in [-0.3, -0.25) is 9.59 Å². The van der Waals surface area contributed by atoms with Crippen LogP contribution in [0.5, 0.6) is 0 Å². The quantitative estimate of drug-likeness (QED) is 0.323. The van der Waals surface area contributed by atoms with Crippen LogP contribution in [0.3, 0.4) is 0 Å². The minimum absolute atomic E-state index is 0.127. The van der Waals surface area contributed by atoms with E-state index >= 15 is 0 Å². The van der Waals surface area contributed by atoms with E-state index in [9.17, 15) is 14.4 Å². The molecule has 0 bridgehead atoms. The summed E-state index contributed by atoms with van der Waals surface area (Å²) in [5.74, 6) is -0.0649. The molecule has 3 rings (SSSR count). The van der Waals surface area contributed by atoms with Crippen LogP contribution in [-0.2, 0) is 16.1 Å². The van der Waals surface area contributed by atoms with Crippen LogP contribution in [0.15, 0.2) is 53.7 Å². The van der Waals surface area contributed by atoms with Gasteiger partial charge in [0.25, 0.3) is 5.91 Å². The molecule has 0 saturated heterocycles. The van der Waals surface area contributed by atoms with Crippen molar-refractivity contribution in [3.05, 3.63) is 71.0 Å². The highest BCUT2D eigenvalue weighted by Gasteiger charge is 2.20. The molecule has 35 heavy (non-hydrogen) atoms. The van der Waals surface area contributed by atoms with E-state index in [-0.39, 0.29) is 23.6 Å². The van der Waals surface area contributed by atoms with Crippen molar-refractivity contribution in [2.75, 3.05) is 17.7 Å². The molecule has 184 valence electrons. The van der Waals surface area contributed by atoms with Crippen LogP contribution < -0.4 is 10.6 Å². The summed E-state index contributed by atoms with van der Waals surface area (Å²) in [4.78, 5) is 36.7. The van der Waals surface area contributed by atoms with Crippen molar-refractivity contribution in [1.29, 1.82) is 0 Å². The average molecular weight is 496 g/mol. The van der Waals surface area contributed by atoms with Crippen molar-refractivity contribution in [1.82, 2.24) is 20.1 Å². The molecule has 0 fully saturated rings.